The molecule has 0 aliphatic carbocycles. The molecule has 0 N–H and O–H groups in total. The highest BCUT2D eigenvalue weighted by Gasteiger charge is 2.15. The molecule has 0 saturated carbocycles. The van der Waals surface area contributed by atoms with E-state index in [4.69, 9.17) is 19.5 Å². The van der Waals surface area contributed by atoms with Crippen molar-refractivity contribution < 1.29 is 19.0 Å². The minimum Gasteiger partial charge on any atom is -0.494 e. The van der Waals surface area contributed by atoms with Gasteiger partial charge in [-0.05, 0) is 32.0 Å². The number of nitriles is 1. The maximum Gasteiger partial charge on any atom is 0.343 e. The number of benzene rings is 1. The Morgan fingerprint density at radius 1 is 1.28 bits per heavy atom. The van der Waals surface area contributed by atoms with Crippen LogP contribution in [0, 0.1) is 11.3 Å². The molecule has 1 aromatic rings. The first-order chi connectivity index (χ1) is 8.72. The first-order valence-electron chi connectivity index (χ1n) is 5.66. The molecule has 0 saturated heterocycles. The molecule has 0 aliphatic heterocycles. The molecular weight excluding hydrogens is 234 g/mol. The Hall–Kier alpha value is -2.22. The molecule has 0 spiro atoms. The topological polar surface area (TPSA) is 68.6 Å². The number of hydrogen-bond acceptors (Lipinski definition) is 5. The number of carbonyl (C=O) groups is 1. The van der Waals surface area contributed by atoms with Crippen molar-refractivity contribution in [3.05, 3.63) is 23.8 Å². The van der Waals surface area contributed by atoms with Crippen LogP contribution in [0.3, 0.4) is 0 Å². The SMILES string of the molecule is CCOc1ccc(OCC)c(C(=O)OCC#N)c1. The minimum atomic E-state index is -0.596. The predicted molar refractivity (Wildman–Crippen MR) is 64.7 cm³/mol. The van der Waals surface area contributed by atoms with Gasteiger partial charge in [-0.15, -0.1) is 0 Å². The van der Waals surface area contributed by atoms with Crippen molar-refractivity contribution in [3.63, 3.8) is 0 Å². The van der Waals surface area contributed by atoms with Crippen molar-refractivity contribution in [1.82, 2.24) is 0 Å². The van der Waals surface area contributed by atoms with Gasteiger partial charge in [0.25, 0.3) is 0 Å². The van der Waals surface area contributed by atoms with Gasteiger partial charge in [0.05, 0.1) is 13.2 Å². The Kier molecular flexibility index (Phi) is 5.52. The van der Waals surface area contributed by atoms with Gasteiger partial charge in [-0.1, -0.05) is 0 Å². The van der Waals surface area contributed by atoms with E-state index < -0.39 is 5.97 Å². The Bertz CT molecular complexity index is 451. The summed E-state index contributed by atoms with van der Waals surface area (Å²) in [5, 5.41) is 8.39. The molecule has 0 fully saturated rings. The highest BCUT2D eigenvalue weighted by molar-refractivity contribution is 5.93. The maximum atomic E-state index is 11.7. The van der Waals surface area contributed by atoms with Crippen LogP contribution in [0.2, 0.25) is 0 Å². The molecule has 1 rings (SSSR count). The summed E-state index contributed by atoms with van der Waals surface area (Å²) in [7, 11) is 0. The first-order valence-corrected chi connectivity index (χ1v) is 5.66. The van der Waals surface area contributed by atoms with Crippen LogP contribution in [0.25, 0.3) is 0 Å². The molecule has 1 aromatic carbocycles. The van der Waals surface area contributed by atoms with Crippen molar-refractivity contribution in [2.75, 3.05) is 19.8 Å². The number of rotatable bonds is 6. The lowest BCUT2D eigenvalue weighted by molar-refractivity contribution is 0.0550. The highest BCUT2D eigenvalue weighted by Crippen LogP contribution is 2.25. The number of esters is 1. The molecule has 0 aromatic heterocycles. The van der Waals surface area contributed by atoms with Crippen molar-refractivity contribution >= 4 is 5.97 Å². The molecule has 96 valence electrons. The summed E-state index contributed by atoms with van der Waals surface area (Å²) in [6, 6.07) is 6.66. The van der Waals surface area contributed by atoms with Crippen LogP contribution in [0.5, 0.6) is 11.5 Å². The van der Waals surface area contributed by atoms with E-state index in [9.17, 15) is 4.79 Å². The molecule has 0 heterocycles. The van der Waals surface area contributed by atoms with Crippen molar-refractivity contribution in [2.45, 2.75) is 13.8 Å². The van der Waals surface area contributed by atoms with E-state index in [1.54, 1.807) is 24.3 Å². The van der Waals surface area contributed by atoms with Gasteiger partial charge in [0.15, 0.2) is 6.61 Å². The highest BCUT2D eigenvalue weighted by atomic mass is 16.5. The molecule has 5 heteroatoms. The van der Waals surface area contributed by atoms with E-state index >= 15 is 0 Å². The molecule has 18 heavy (non-hydrogen) atoms. The summed E-state index contributed by atoms with van der Waals surface area (Å²) < 4.78 is 15.4. The Balaban J connectivity index is 2.99. The largest absolute Gasteiger partial charge is 0.494 e. The lowest BCUT2D eigenvalue weighted by Crippen LogP contribution is -2.09. The van der Waals surface area contributed by atoms with E-state index in [1.165, 1.54) is 0 Å². The van der Waals surface area contributed by atoms with Gasteiger partial charge < -0.3 is 14.2 Å². The monoisotopic (exact) mass is 249 g/mol. The third-order valence-corrected chi connectivity index (χ3v) is 2.05. The third kappa shape index (κ3) is 3.67. The fraction of sp³-hybridized carbons (Fsp3) is 0.385. The minimum absolute atomic E-state index is 0.262. The van der Waals surface area contributed by atoms with Gasteiger partial charge in [0.2, 0.25) is 0 Å². The summed E-state index contributed by atoms with van der Waals surface area (Å²) in [5.41, 5.74) is 0.262. The Morgan fingerprint density at radius 3 is 2.61 bits per heavy atom. The summed E-state index contributed by atoms with van der Waals surface area (Å²) in [4.78, 5) is 11.7. The van der Waals surface area contributed by atoms with E-state index in [-0.39, 0.29) is 12.2 Å². The summed E-state index contributed by atoms with van der Waals surface area (Å²) in [6.45, 7) is 4.32. The van der Waals surface area contributed by atoms with Crippen molar-refractivity contribution in [2.24, 2.45) is 0 Å². The quantitative estimate of drug-likeness (QED) is 0.722. The zero-order valence-electron chi connectivity index (χ0n) is 10.4. The lowest BCUT2D eigenvalue weighted by Gasteiger charge is -2.11. The molecule has 0 bridgehead atoms. The van der Waals surface area contributed by atoms with Crippen LogP contribution in [0.1, 0.15) is 24.2 Å². The first kappa shape index (κ1) is 13.8. The van der Waals surface area contributed by atoms with Gasteiger partial charge >= 0.3 is 5.97 Å². The van der Waals surface area contributed by atoms with E-state index in [1.807, 2.05) is 13.8 Å². The summed E-state index contributed by atoms with van der Waals surface area (Å²) in [6.07, 6.45) is 0. The zero-order chi connectivity index (χ0) is 13.4. The van der Waals surface area contributed by atoms with Gasteiger partial charge in [-0.25, -0.2) is 4.79 Å². The Labute approximate surface area is 106 Å². The molecule has 0 radical (unpaired) electrons. The fourth-order valence-electron chi connectivity index (χ4n) is 1.38. The van der Waals surface area contributed by atoms with Gasteiger partial charge in [0, 0.05) is 0 Å². The molecule has 0 unspecified atom stereocenters. The number of carbonyl (C=O) groups excluding carboxylic acids is 1. The van der Waals surface area contributed by atoms with E-state index in [0.29, 0.717) is 24.7 Å². The number of nitrogens with zero attached hydrogens (tertiary/aromatic N) is 1. The number of hydrogen-bond donors (Lipinski definition) is 0. The van der Waals surface area contributed by atoms with Crippen molar-refractivity contribution in [1.29, 1.82) is 5.26 Å². The van der Waals surface area contributed by atoms with Gasteiger partial charge in [0.1, 0.15) is 23.1 Å². The average molecular weight is 249 g/mol. The van der Waals surface area contributed by atoms with Crippen LogP contribution in [-0.4, -0.2) is 25.8 Å². The average Bonchev–Trinajstić information content (AvgIpc) is 2.38. The molecular formula is C13H15NO4. The second-order valence-electron chi connectivity index (χ2n) is 3.26. The second-order valence-corrected chi connectivity index (χ2v) is 3.26. The molecule has 0 atom stereocenters. The summed E-state index contributed by atoms with van der Waals surface area (Å²) in [5.74, 6) is 0.385. The van der Waals surface area contributed by atoms with E-state index in [0.717, 1.165) is 0 Å². The smallest absolute Gasteiger partial charge is 0.343 e. The van der Waals surface area contributed by atoms with Crippen LogP contribution >= 0.6 is 0 Å². The van der Waals surface area contributed by atoms with Crippen molar-refractivity contribution in [3.8, 4) is 17.6 Å². The zero-order valence-corrected chi connectivity index (χ0v) is 10.4. The molecule has 0 aliphatic rings. The van der Waals surface area contributed by atoms with E-state index in [2.05, 4.69) is 0 Å². The van der Waals surface area contributed by atoms with Gasteiger partial charge in [-0.2, -0.15) is 5.26 Å². The second kappa shape index (κ2) is 7.17. The lowest BCUT2D eigenvalue weighted by atomic mass is 10.2. The predicted octanol–water partition coefficient (Wildman–Crippen LogP) is 2.16. The van der Waals surface area contributed by atoms with Crippen LogP contribution in [0.4, 0.5) is 0 Å². The molecule has 5 nitrogen and oxygen atoms in total. The third-order valence-electron chi connectivity index (χ3n) is 2.05. The number of ether oxygens (including phenoxy) is 3. The normalized spacial score (nSPS) is 9.39. The van der Waals surface area contributed by atoms with Crippen LogP contribution < -0.4 is 9.47 Å². The van der Waals surface area contributed by atoms with Gasteiger partial charge in [-0.3, -0.25) is 0 Å². The summed E-state index contributed by atoms with van der Waals surface area (Å²) >= 11 is 0. The standard InChI is InChI=1S/C13H15NO4/c1-3-16-10-5-6-12(17-4-2)11(9-10)13(15)18-8-7-14/h5-6,9H,3-4,8H2,1-2H3. The maximum absolute atomic E-state index is 11.7. The Morgan fingerprint density at radius 2 is 2.00 bits per heavy atom. The molecule has 0 amide bonds. The fourth-order valence-corrected chi connectivity index (χ4v) is 1.38. The van der Waals surface area contributed by atoms with Crippen LogP contribution in [0.15, 0.2) is 18.2 Å². The van der Waals surface area contributed by atoms with Crippen LogP contribution in [-0.2, 0) is 4.74 Å².